The van der Waals surface area contributed by atoms with E-state index in [1.165, 1.54) is 18.4 Å². The molecule has 8 nitrogen and oxygen atoms in total. The van der Waals surface area contributed by atoms with Crippen LogP contribution in [0.1, 0.15) is 57.9 Å². The van der Waals surface area contributed by atoms with Crippen molar-refractivity contribution in [2.45, 2.75) is 96.4 Å². The molecule has 2 fully saturated rings. The van der Waals surface area contributed by atoms with Crippen LogP contribution in [0.5, 0.6) is 0 Å². The number of ether oxygens (including phenoxy) is 2. The number of halogens is 1. The number of nitrogens with zero attached hydrogens (tertiary/aromatic N) is 4. The zero-order chi connectivity index (χ0) is 25.4. The van der Waals surface area contributed by atoms with Crippen LogP contribution in [0.3, 0.4) is 0 Å². The van der Waals surface area contributed by atoms with E-state index in [0.717, 1.165) is 42.3 Å². The second kappa shape index (κ2) is 10.3. The molecule has 0 radical (unpaired) electrons. The third-order valence-electron chi connectivity index (χ3n) is 6.38. The van der Waals surface area contributed by atoms with Gasteiger partial charge in [-0.05, 0) is 75.6 Å². The van der Waals surface area contributed by atoms with Gasteiger partial charge in [0.05, 0.1) is 5.39 Å². The average Bonchev–Trinajstić information content (AvgIpc) is 3.51. The molecule has 3 heterocycles. The van der Waals surface area contributed by atoms with Crippen molar-refractivity contribution in [3.05, 3.63) is 17.0 Å². The molecule has 1 aliphatic carbocycles. The Labute approximate surface area is 214 Å². The van der Waals surface area contributed by atoms with Gasteiger partial charge in [0.25, 0.3) is 0 Å². The zero-order valence-electron chi connectivity index (χ0n) is 22.0. The predicted molar refractivity (Wildman–Crippen MR) is 143 cm³/mol. The Bertz CT molecular complexity index is 1060. The summed E-state index contributed by atoms with van der Waals surface area (Å²) in [6, 6.07) is 1.19. The van der Waals surface area contributed by atoms with Crippen LogP contribution in [0.25, 0.3) is 11.0 Å². The zero-order valence-corrected chi connectivity index (χ0v) is 23.7. The minimum Gasteiger partial charge on any atom is -0.444 e. The van der Waals surface area contributed by atoms with Crippen LogP contribution >= 0.6 is 11.6 Å². The van der Waals surface area contributed by atoms with Gasteiger partial charge in [-0.15, -0.1) is 0 Å². The van der Waals surface area contributed by atoms with Crippen molar-refractivity contribution < 1.29 is 14.3 Å². The summed E-state index contributed by atoms with van der Waals surface area (Å²) in [5.41, 5.74) is 1.55. The number of likely N-dealkylation sites (tertiary alicyclic amines) is 1. The fraction of sp³-hybridized carbons (Fsp3) is 0.720. The van der Waals surface area contributed by atoms with Gasteiger partial charge in [0, 0.05) is 40.0 Å². The molecule has 1 amide bonds. The number of amides is 1. The highest BCUT2D eigenvalue weighted by atomic mass is 35.5. The molecule has 2 aliphatic rings. The van der Waals surface area contributed by atoms with Gasteiger partial charge in [-0.3, -0.25) is 0 Å². The maximum atomic E-state index is 12.6. The Morgan fingerprint density at radius 2 is 1.97 bits per heavy atom. The van der Waals surface area contributed by atoms with E-state index in [-0.39, 0.29) is 17.4 Å². The summed E-state index contributed by atoms with van der Waals surface area (Å²) in [7, 11) is -1.15. The number of rotatable bonds is 8. The number of anilines is 1. The van der Waals surface area contributed by atoms with Gasteiger partial charge in [-0.25, -0.2) is 9.78 Å². The molecule has 0 aromatic carbocycles. The standard InChI is InChI=1S/C25H40ClN5O3Si/c1-25(2,3)34-24(32)30-11-7-8-18(14-30)27-21-20-19(17-9-10-17)15-31(22(20)29-23(26)28-21)16-33-12-13-35(4,5)6/h15,17-18H,7-14,16H2,1-6H3,(H,27,28,29)/t18-/m1/s1. The van der Waals surface area contributed by atoms with Crippen molar-refractivity contribution in [1.82, 2.24) is 19.4 Å². The Morgan fingerprint density at radius 3 is 2.63 bits per heavy atom. The number of piperidine rings is 1. The number of aromatic nitrogens is 3. The summed E-state index contributed by atoms with van der Waals surface area (Å²) in [4.78, 5) is 23.6. The third kappa shape index (κ3) is 7.10. The van der Waals surface area contributed by atoms with Crippen molar-refractivity contribution >= 4 is 42.6 Å². The van der Waals surface area contributed by atoms with Crippen LogP contribution in [0.15, 0.2) is 6.20 Å². The first-order valence-corrected chi connectivity index (χ1v) is 16.9. The van der Waals surface area contributed by atoms with Gasteiger partial charge in [-0.2, -0.15) is 4.98 Å². The maximum Gasteiger partial charge on any atom is 0.410 e. The van der Waals surface area contributed by atoms with Gasteiger partial charge in [0.2, 0.25) is 5.28 Å². The van der Waals surface area contributed by atoms with Crippen molar-refractivity contribution in [3.8, 4) is 0 Å². The van der Waals surface area contributed by atoms with E-state index in [2.05, 4.69) is 45.7 Å². The fourth-order valence-electron chi connectivity index (χ4n) is 4.42. The van der Waals surface area contributed by atoms with Crippen LogP contribution in [-0.4, -0.2) is 64.9 Å². The van der Waals surface area contributed by atoms with E-state index in [0.29, 0.717) is 25.7 Å². The molecule has 1 saturated heterocycles. The van der Waals surface area contributed by atoms with Crippen molar-refractivity contribution in [1.29, 1.82) is 0 Å². The topological polar surface area (TPSA) is 81.5 Å². The first-order chi connectivity index (χ1) is 16.4. The molecule has 194 valence electrons. The van der Waals surface area contributed by atoms with Crippen molar-refractivity contribution in [2.75, 3.05) is 25.0 Å². The minimum absolute atomic E-state index is 0.0637. The molecule has 2 aromatic heterocycles. The fourth-order valence-corrected chi connectivity index (χ4v) is 5.34. The molecule has 0 bridgehead atoms. The van der Waals surface area contributed by atoms with Crippen LogP contribution in [0, 0.1) is 0 Å². The molecule has 35 heavy (non-hydrogen) atoms. The highest BCUT2D eigenvalue weighted by Gasteiger charge is 2.32. The van der Waals surface area contributed by atoms with Gasteiger partial charge in [-0.1, -0.05) is 19.6 Å². The Hall–Kier alpha value is -1.84. The summed E-state index contributed by atoms with van der Waals surface area (Å²) in [6.07, 6.45) is 6.10. The monoisotopic (exact) mass is 521 g/mol. The van der Waals surface area contributed by atoms with E-state index in [4.69, 9.17) is 21.1 Å². The van der Waals surface area contributed by atoms with Gasteiger partial charge >= 0.3 is 6.09 Å². The molecule has 1 aliphatic heterocycles. The van der Waals surface area contributed by atoms with E-state index in [9.17, 15) is 4.79 Å². The molecule has 2 aromatic rings. The Balaban J connectivity index is 1.54. The van der Waals surface area contributed by atoms with Crippen LogP contribution in [0.4, 0.5) is 10.6 Å². The second-order valence-electron chi connectivity index (χ2n) is 12.1. The lowest BCUT2D eigenvalue weighted by molar-refractivity contribution is 0.0206. The van der Waals surface area contributed by atoms with E-state index < -0.39 is 13.7 Å². The van der Waals surface area contributed by atoms with Crippen LogP contribution < -0.4 is 5.32 Å². The average molecular weight is 522 g/mol. The maximum absolute atomic E-state index is 12.6. The summed E-state index contributed by atoms with van der Waals surface area (Å²) < 4.78 is 13.7. The highest BCUT2D eigenvalue weighted by molar-refractivity contribution is 6.76. The first-order valence-electron chi connectivity index (χ1n) is 12.8. The largest absolute Gasteiger partial charge is 0.444 e. The number of fused-ring (bicyclic) bond motifs is 1. The molecular formula is C25H40ClN5O3Si. The Morgan fingerprint density at radius 1 is 1.23 bits per heavy atom. The second-order valence-corrected chi connectivity index (χ2v) is 18.1. The first kappa shape index (κ1) is 26.2. The molecular weight excluding hydrogens is 482 g/mol. The number of carbonyl (C=O) groups is 1. The summed E-state index contributed by atoms with van der Waals surface area (Å²) >= 11 is 6.40. The lowest BCUT2D eigenvalue weighted by Gasteiger charge is -2.34. The molecule has 1 saturated carbocycles. The van der Waals surface area contributed by atoms with Gasteiger partial charge in [0.15, 0.2) is 0 Å². The molecule has 1 atom stereocenters. The normalized spacial score (nSPS) is 19.3. The molecule has 0 unspecified atom stereocenters. The lowest BCUT2D eigenvalue weighted by Crippen LogP contribution is -2.47. The lowest BCUT2D eigenvalue weighted by atomic mass is 10.1. The number of carbonyl (C=O) groups excluding carboxylic acids is 1. The number of hydrogen-bond donors (Lipinski definition) is 1. The summed E-state index contributed by atoms with van der Waals surface area (Å²) in [5, 5.41) is 4.84. The van der Waals surface area contributed by atoms with E-state index in [1.54, 1.807) is 4.90 Å². The molecule has 4 rings (SSSR count). The van der Waals surface area contributed by atoms with E-state index >= 15 is 0 Å². The van der Waals surface area contributed by atoms with Crippen LogP contribution in [-0.2, 0) is 16.2 Å². The molecule has 0 spiro atoms. The van der Waals surface area contributed by atoms with Crippen molar-refractivity contribution in [2.24, 2.45) is 0 Å². The SMILES string of the molecule is CC(C)(C)OC(=O)N1CCC[C@@H](Nc2nc(Cl)nc3c2c(C2CC2)cn3COCC[Si](C)(C)C)C1. The predicted octanol–water partition coefficient (Wildman–Crippen LogP) is 6.09. The van der Waals surface area contributed by atoms with Gasteiger partial charge < -0.3 is 24.3 Å². The molecule has 10 heteroatoms. The minimum atomic E-state index is -1.15. The van der Waals surface area contributed by atoms with E-state index in [1.807, 2.05) is 20.8 Å². The van der Waals surface area contributed by atoms with Crippen LogP contribution in [0.2, 0.25) is 31.0 Å². The van der Waals surface area contributed by atoms with Gasteiger partial charge in [0.1, 0.15) is 23.8 Å². The summed E-state index contributed by atoms with van der Waals surface area (Å²) in [6.45, 7) is 15.2. The Kier molecular flexibility index (Phi) is 7.69. The number of hydrogen-bond acceptors (Lipinski definition) is 6. The quantitative estimate of drug-likeness (QED) is 0.257. The highest BCUT2D eigenvalue weighted by Crippen LogP contribution is 2.45. The van der Waals surface area contributed by atoms with Crippen molar-refractivity contribution in [3.63, 3.8) is 0 Å². The smallest absolute Gasteiger partial charge is 0.410 e. The third-order valence-corrected chi connectivity index (χ3v) is 8.25. The number of nitrogens with one attached hydrogen (secondary N) is 1. The summed E-state index contributed by atoms with van der Waals surface area (Å²) in [5.74, 6) is 1.27. The molecule has 1 N–H and O–H groups in total.